The van der Waals surface area contributed by atoms with Gasteiger partial charge >= 0.3 is 0 Å². The Morgan fingerprint density at radius 3 is 2.93 bits per heavy atom. The molecule has 0 bridgehead atoms. The van der Waals surface area contributed by atoms with Crippen molar-refractivity contribution in [1.29, 1.82) is 0 Å². The number of nitrogens with zero attached hydrogens (tertiary/aromatic N) is 3. The van der Waals surface area contributed by atoms with Crippen LogP contribution in [0.25, 0.3) is 0 Å². The zero-order chi connectivity index (χ0) is 9.80. The van der Waals surface area contributed by atoms with Gasteiger partial charge in [0.15, 0.2) is 0 Å². The maximum absolute atomic E-state index is 5.24. The van der Waals surface area contributed by atoms with E-state index in [-0.39, 0.29) is 0 Å². The second kappa shape index (κ2) is 4.39. The fourth-order valence-electron chi connectivity index (χ4n) is 1.36. The van der Waals surface area contributed by atoms with E-state index in [0.717, 1.165) is 26.3 Å². The van der Waals surface area contributed by atoms with Gasteiger partial charge in [-0.15, -0.1) is 0 Å². The van der Waals surface area contributed by atoms with Gasteiger partial charge in [-0.3, -0.25) is 0 Å². The quantitative estimate of drug-likeness (QED) is 0.714. The van der Waals surface area contributed by atoms with Crippen LogP contribution < -0.4 is 10.2 Å². The van der Waals surface area contributed by atoms with Crippen LogP contribution in [0.2, 0.25) is 0 Å². The first-order valence-electron chi connectivity index (χ1n) is 4.70. The van der Waals surface area contributed by atoms with Gasteiger partial charge in [-0.05, 0) is 12.2 Å². The average molecular weight is 198 g/mol. The minimum Gasteiger partial charge on any atom is -0.378 e. The molecule has 0 aliphatic carbocycles. The molecule has 0 aromatic carbocycles. The molecule has 1 N–H and O–H groups in total. The first-order chi connectivity index (χ1) is 6.90. The molecule has 1 aromatic rings. The molecule has 1 aliphatic rings. The molecule has 1 saturated heterocycles. The van der Waals surface area contributed by atoms with Gasteiger partial charge in [-0.1, -0.05) is 0 Å². The summed E-state index contributed by atoms with van der Waals surface area (Å²) >= 11 is 0. The summed E-state index contributed by atoms with van der Waals surface area (Å²) in [5.41, 5.74) is 0. The molecule has 6 heteroatoms. The third-order valence-electron chi connectivity index (χ3n) is 2.08. The molecular formula is C8H14N4O2. The Morgan fingerprint density at radius 2 is 2.21 bits per heavy atom. The molecule has 0 radical (unpaired) electrons. The fraction of sp³-hybridized carbons (Fsp3) is 0.750. The van der Waals surface area contributed by atoms with E-state index in [1.807, 2.05) is 7.05 Å². The summed E-state index contributed by atoms with van der Waals surface area (Å²) in [5.74, 6) is 1.28. The molecule has 1 aromatic heterocycles. The van der Waals surface area contributed by atoms with Crippen LogP contribution in [-0.2, 0) is 11.3 Å². The number of nitrogens with one attached hydrogen (secondary N) is 1. The summed E-state index contributed by atoms with van der Waals surface area (Å²) < 4.78 is 10.3. The van der Waals surface area contributed by atoms with E-state index in [0.29, 0.717) is 18.4 Å². The molecule has 1 fully saturated rings. The minimum absolute atomic E-state index is 0.608. The zero-order valence-corrected chi connectivity index (χ0v) is 8.19. The predicted molar refractivity (Wildman–Crippen MR) is 50.1 cm³/mol. The van der Waals surface area contributed by atoms with Gasteiger partial charge in [0.1, 0.15) is 0 Å². The largest absolute Gasteiger partial charge is 0.378 e. The van der Waals surface area contributed by atoms with E-state index in [2.05, 4.69) is 20.4 Å². The standard InChI is InChI=1S/C8H14N4O2/c1-9-6-7-10-8(11-14-7)12-2-4-13-5-3-12/h9H,2-6H2,1H3. The van der Waals surface area contributed by atoms with E-state index in [9.17, 15) is 0 Å². The van der Waals surface area contributed by atoms with Gasteiger partial charge < -0.3 is 19.5 Å². The second-order valence-corrected chi connectivity index (χ2v) is 3.12. The van der Waals surface area contributed by atoms with Crippen molar-refractivity contribution in [1.82, 2.24) is 15.5 Å². The lowest BCUT2D eigenvalue weighted by atomic mass is 10.4. The smallest absolute Gasteiger partial charge is 0.266 e. The summed E-state index contributed by atoms with van der Waals surface area (Å²) in [7, 11) is 1.85. The number of ether oxygens (including phenoxy) is 1. The molecule has 0 amide bonds. The van der Waals surface area contributed by atoms with Gasteiger partial charge in [-0.2, -0.15) is 4.98 Å². The van der Waals surface area contributed by atoms with Crippen molar-refractivity contribution < 1.29 is 9.26 Å². The summed E-state index contributed by atoms with van der Waals surface area (Å²) in [4.78, 5) is 6.32. The van der Waals surface area contributed by atoms with E-state index < -0.39 is 0 Å². The second-order valence-electron chi connectivity index (χ2n) is 3.12. The molecule has 2 rings (SSSR count). The first kappa shape index (κ1) is 9.42. The molecule has 2 heterocycles. The highest BCUT2D eigenvalue weighted by Gasteiger charge is 2.16. The summed E-state index contributed by atoms with van der Waals surface area (Å²) in [6, 6.07) is 0. The molecule has 0 spiro atoms. The maximum Gasteiger partial charge on any atom is 0.266 e. The van der Waals surface area contributed by atoms with Gasteiger partial charge in [-0.25, -0.2) is 0 Å². The Morgan fingerprint density at radius 1 is 1.43 bits per heavy atom. The third-order valence-corrected chi connectivity index (χ3v) is 2.08. The number of hydrogen-bond acceptors (Lipinski definition) is 6. The number of rotatable bonds is 3. The van der Waals surface area contributed by atoms with Crippen LogP contribution in [0, 0.1) is 0 Å². The van der Waals surface area contributed by atoms with Crippen LogP contribution in [0.1, 0.15) is 5.89 Å². The van der Waals surface area contributed by atoms with E-state index in [1.54, 1.807) is 0 Å². The predicted octanol–water partition coefficient (Wildman–Crippen LogP) is -0.374. The Hall–Kier alpha value is -1.14. The van der Waals surface area contributed by atoms with Crippen LogP contribution in [0.3, 0.4) is 0 Å². The van der Waals surface area contributed by atoms with Crippen molar-refractivity contribution in [3.8, 4) is 0 Å². The molecular weight excluding hydrogens is 184 g/mol. The Balaban J connectivity index is 2.00. The van der Waals surface area contributed by atoms with Crippen LogP contribution in [-0.4, -0.2) is 43.5 Å². The fourth-order valence-corrected chi connectivity index (χ4v) is 1.36. The van der Waals surface area contributed by atoms with E-state index in [4.69, 9.17) is 9.26 Å². The first-order valence-corrected chi connectivity index (χ1v) is 4.70. The van der Waals surface area contributed by atoms with Crippen LogP contribution in [0.4, 0.5) is 5.95 Å². The Bertz CT molecular complexity index is 283. The highest BCUT2D eigenvalue weighted by Crippen LogP contribution is 2.10. The van der Waals surface area contributed by atoms with Crippen LogP contribution in [0.5, 0.6) is 0 Å². The normalized spacial score (nSPS) is 17.4. The SMILES string of the molecule is CNCc1nc(N2CCOCC2)no1. The van der Waals surface area contributed by atoms with Gasteiger partial charge in [0, 0.05) is 13.1 Å². The number of morpholine rings is 1. The van der Waals surface area contributed by atoms with Crippen molar-refractivity contribution in [2.45, 2.75) is 6.54 Å². The third kappa shape index (κ3) is 2.02. The topological polar surface area (TPSA) is 63.4 Å². The number of anilines is 1. The molecule has 14 heavy (non-hydrogen) atoms. The number of hydrogen-bond donors (Lipinski definition) is 1. The molecule has 78 valence electrons. The Kier molecular flexibility index (Phi) is 2.95. The molecule has 0 unspecified atom stereocenters. The van der Waals surface area contributed by atoms with Crippen molar-refractivity contribution >= 4 is 5.95 Å². The van der Waals surface area contributed by atoms with Crippen LogP contribution in [0.15, 0.2) is 4.52 Å². The highest BCUT2D eigenvalue weighted by atomic mass is 16.5. The molecule has 6 nitrogen and oxygen atoms in total. The Labute approximate surface area is 82.2 Å². The molecule has 0 atom stereocenters. The monoisotopic (exact) mass is 198 g/mol. The van der Waals surface area contributed by atoms with Crippen LogP contribution >= 0.6 is 0 Å². The van der Waals surface area contributed by atoms with Crippen molar-refractivity contribution in [2.75, 3.05) is 38.3 Å². The van der Waals surface area contributed by atoms with Gasteiger partial charge in [0.25, 0.3) is 5.95 Å². The van der Waals surface area contributed by atoms with E-state index >= 15 is 0 Å². The van der Waals surface area contributed by atoms with Gasteiger partial charge in [0.05, 0.1) is 19.8 Å². The number of aromatic nitrogens is 2. The van der Waals surface area contributed by atoms with Crippen molar-refractivity contribution in [2.24, 2.45) is 0 Å². The average Bonchev–Trinajstić information content (AvgIpc) is 2.68. The maximum atomic E-state index is 5.24. The lowest BCUT2D eigenvalue weighted by Crippen LogP contribution is -2.36. The summed E-state index contributed by atoms with van der Waals surface area (Å²) in [6.07, 6.45) is 0. The van der Waals surface area contributed by atoms with E-state index in [1.165, 1.54) is 0 Å². The lowest BCUT2D eigenvalue weighted by molar-refractivity contribution is 0.121. The van der Waals surface area contributed by atoms with Crippen molar-refractivity contribution in [3.63, 3.8) is 0 Å². The van der Waals surface area contributed by atoms with Gasteiger partial charge in [0.2, 0.25) is 5.89 Å². The zero-order valence-electron chi connectivity index (χ0n) is 8.19. The lowest BCUT2D eigenvalue weighted by Gasteiger charge is -2.24. The summed E-state index contributed by atoms with van der Waals surface area (Å²) in [5, 5.41) is 6.86. The molecule has 1 aliphatic heterocycles. The van der Waals surface area contributed by atoms with Crippen molar-refractivity contribution in [3.05, 3.63) is 5.89 Å². The minimum atomic E-state index is 0.608. The molecule has 0 saturated carbocycles. The highest BCUT2D eigenvalue weighted by molar-refractivity contribution is 5.27. The summed E-state index contributed by atoms with van der Waals surface area (Å²) in [6.45, 7) is 3.74.